The summed E-state index contributed by atoms with van der Waals surface area (Å²) in [6.45, 7) is 6.71. The summed E-state index contributed by atoms with van der Waals surface area (Å²) >= 11 is 1.46. The van der Waals surface area contributed by atoms with Crippen LogP contribution in [0.3, 0.4) is 0 Å². The number of rotatable bonds is 8. The van der Waals surface area contributed by atoms with Crippen molar-refractivity contribution in [3.63, 3.8) is 0 Å². The van der Waals surface area contributed by atoms with Gasteiger partial charge in [0, 0.05) is 60.3 Å². The Kier molecular flexibility index (Phi) is 6.39. The minimum absolute atomic E-state index is 0.0221. The van der Waals surface area contributed by atoms with Gasteiger partial charge in [-0.15, -0.1) is 16.9 Å². The fraction of sp³-hybridized carbons (Fsp3) is 0.696. The molecule has 5 aliphatic rings. The standard InChI is InChI=1S/C23H31N9O5S/c1-10-18-17(11(2)27-16(33)8-31-9-26-28-29-31)22(35)32(18)19(23(36)37)20(10)38-13-3-14(25-5-13)21(34)30-6-12-4-24-15(12)7-30/h9-15,17-18,24-25H,3-8H2,1-2H3,(H,27,33)(H,36,37)/t10-,11?,12?,13+,14+,15?,17-,18-/m1/s1. The van der Waals surface area contributed by atoms with E-state index in [1.54, 1.807) is 6.92 Å². The molecule has 204 valence electrons. The Labute approximate surface area is 222 Å². The van der Waals surface area contributed by atoms with Crippen molar-refractivity contribution in [3.8, 4) is 0 Å². The van der Waals surface area contributed by atoms with Crippen molar-refractivity contribution in [2.24, 2.45) is 17.8 Å². The zero-order valence-corrected chi connectivity index (χ0v) is 21.9. The number of fused-ring (bicyclic) bond motifs is 2. The van der Waals surface area contributed by atoms with Gasteiger partial charge in [0.25, 0.3) is 0 Å². The van der Waals surface area contributed by atoms with Gasteiger partial charge in [0.05, 0.1) is 18.0 Å². The molecule has 0 radical (unpaired) electrons. The fourth-order valence-corrected chi connectivity index (χ4v) is 7.98. The van der Waals surface area contributed by atoms with Gasteiger partial charge in [-0.25, -0.2) is 9.48 Å². The molecule has 0 spiro atoms. The quantitative estimate of drug-likeness (QED) is 0.262. The van der Waals surface area contributed by atoms with Gasteiger partial charge >= 0.3 is 5.97 Å². The van der Waals surface area contributed by atoms with Crippen LogP contribution in [0.2, 0.25) is 0 Å². The summed E-state index contributed by atoms with van der Waals surface area (Å²) in [5, 5.41) is 30.3. The highest BCUT2D eigenvalue weighted by Crippen LogP contribution is 2.51. The predicted octanol–water partition coefficient (Wildman–Crippen LogP) is -2.16. The fourth-order valence-electron chi connectivity index (χ4n) is 6.50. The molecule has 38 heavy (non-hydrogen) atoms. The largest absolute Gasteiger partial charge is 0.477 e. The van der Waals surface area contributed by atoms with Gasteiger partial charge in [-0.2, -0.15) is 0 Å². The van der Waals surface area contributed by atoms with Crippen LogP contribution in [0.25, 0.3) is 0 Å². The summed E-state index contributed by atoms with van der Waals surface area (Å²) in [6, 6.07) is -0.707. The van der Waals surface area contributed by atoms with Crippen molar-refractivity contribution in [2.45, 2.75) is 56.2 Å². The molecule has 0 bridgehead atoms. The zero-order valence-electron chi connectivity index (χ0n) is 21.1. The Hall–Kier alpha value is -3.04. The van der Waals surface area contributed by atoms with Crippen molar-refractivity contribution in [1.29, 1.82) is 0 Å². The predicted molar refractivity (Wildman–Crippen MR) is 133 cm³/mol. The molecule has 6 heterocycles. The average Bonchev–Trinajstić information content (AvgIpc) is 3.62. The molecule has 8 atom stereocenters. The van der Waals surface area contributed by atoms with E-state index >= 15 is 0 Å². The first-order chi connectivity index (χ1) is 18.2. The number of carbonyl (C=O) groups is 4. The van der Waals surface area contributed by atoms with Crippen molar-refractivity contribution in [1.82, 2.24) is 46.0 Å². The summed E-state index contributed by atoms with van der Waals surface area (Å²) in [6.07, 6.45) is 1.94. The Morgan fingerprint density at radius 3 is 2.71 bits per heavy atom. The van der Waals surface area contributed by atoms with Crippen LogP contribution in [0.5, 0.6) is 0 Å². The van der Waals surface area contributed by atoms with Crippen LogP contribution in [0.1, 0.15) is 20.3 Å². The molecule has 4 saturated heterocycles. The maximum atomic E-state index is 13.1. The first-order valence-corrected chi connectivity index (χ1v) is 13.8. The highest BCUT2D eigenvalue weighted by atomic mass is 32.2. The SMILES string of the molecule is CC(NC(=O)Cn1cnnn1)[C@H]1C(=O)N2C(C(=O)O)=C(S[C@@H]3CN[C@H](C(=O)N4CC5CNC5C4)C3)[C@H](C)[C@H]12. The summed E-state index contributed by atoms with van der Waals surface area (Å²) in [7, 11) is 0. The molecule has 15 heteroatoms. The lowest BCUT2D eigenvalue weighted by Crippen LogP contribution is -2.66. The highest BCUT2D eigenvalue weighted by Gasteiger charge is 2.60. The maximum absolute atomic E-state index is 13.1. The minimum Gasteiger partial charge on any atom is -0.477 e. The first-order valence-electron chi connectivity index (χ1n) is 13.0. The molecule has 0 aliphatic carbocycles. The maximum Gasteiger partial charge on any atom is 0.353 e. The number of tetrazole rings is 1. The number of amides is 3. The molecule has 14 nitrogen and oxygen atoms in total. The van der Waals surface area contributed by atoms with Crippen LogP contribution < -0.4 is 16.0 Å². The second kappa shape index (κ2) is 9.61. The number of hydrogen-bond acceptors (Lipinski definition) is 10. The number of carboxylic acid groups (broad SMARTS) is 1. The smallest absolute Gasteiger partial charge is 0.353 e. The highest BCUT2D eigenvalue weighted by molar-refractivity contribution is 8.03. The number of β-lactam (4-membered cyclic amide) rings is 1. The number of likely N-dealkylation sites (tertiary alicyclic amines) is 1. The van der Waals surface area contributed by atoms with Crippen LogP contribution >= 0.6 is 11.8 Å². The lowest BCUT2D eigenvalue weighted by Gasteiger charge is -2.47. The van der Waals surface area contributed by atoms with Crippen molar-refractivity contribution in [3.05, 3.63) is 16.9 Å². The Bertz CT molecular complexity index is 1180. The van der Waals surface area contributed by atoms with Crippen molar-refractivity contribution < 1.29 is 24.3 Å². The molecule has 4 N–H and O–H groups in total. The van der Waals surface area contributed by atoms with Gasteiger partial charge in [0.1, 0.15) is 18.6 Å². The van der Waals surface area contributed by atoms with E-state index in [9.17, 15) is 24.3 Å². The number of aromatic nitrogens is 4. The van der Waals surface area contributed by atoms with Crippen LogP contribution in [0.15, 0.2) is 16.9 Å². The van der Waals surface area contributed by atoms with E-state index < -0.39 is 17.9 Å². The van der Waals surface area contributed by atoms with Gasteiger partial charge < -0.3 is 30.9 Å². The second-order valence-electron chi connectivity index (χ2n) is 10.8. The molecule has 5 aliphatic heterocycles. The number of nitrogens with one attached hydrogen (secondary N) is 3. The molecule has 0 saturated carbocycles. The Morgan fingerprint density at radius 2 is 2.08 bits per heavy atom. The monoisotopic (exact) mass is 545 g/mol. The molecule has 3 unspecified atom stereocenters. The number of thioether (sulfide) groups is 1. The number of nitrogens with zero attached hydrogens (tertiary/aromatic N) is 6. The van der Waals surface area contributed by atoms with E-state index in [1.807, 2.05) is 11.8 Å². The van der Waals surface area contributed by atoms with Crippen molar-refractivity contribution >= 4 is 35.5 Å². The van der Waals surface area contributed by atoms with Gasteiger partial charge in [0.2, 0.25) is 17.7 Å². The van der Waals surface area contributed by atoms with Gasteiger partial charge in [-0.1, -0.05) is 6.92 Å². The number of aliphatic carboxylic acids is 1. The topological polar surface area (TPSA) is 175 Å². The molecule has 0 aromatic carbocycles. The average molecular weight is 546 g/mol. The second-order valence-corrected chi connectivity index (χ2v) is 12.2. The first kappa shape index (κ1) is 25.2. The lowest BCUT2D eigenvalue weighted by atomic mass is 9.78. The lowest BCUT2D eigenvalue weighted by molar-refractivity contribution is -0.158. The number of carboxylic acids is 1. The van der Waals surface area contributed by atoms with E-state index in [2.05, 4.69) is 31.5 Å². The van der Waals surface area contributed by atoms with E-state index in [1.165, 1.54) is 27.7 Å². The molecule has 6 rings (SSSR count). The minimum atomic E-state index is -1.14. The van der Waals surface area contributed by atoms with Crippen LogP contribution in [-0.2, 0) is 25.7 Å². The molecular formula is C23H31N9O5S. The molecule has 3 amide bonds. The molecule has 4 fully saturated rings. The van der Waals surface area contributed by atoms with Crippen LogP contribution in [0.4, 0.5) is 0 Å². The van der Waals surface area contributed by atoms with Crippen LogP contribution in [0, 0.1) is 17.8 Å². The normalized spacial score (nSPS) is 34.5. The summed E-state index contributed by atoms with van der Waals surface area (Å²) in [5.74, 6) is -1.86. The van der Waals surface area contributed by atoms with Gasteiger partial charge in [0.15, 0.2) is 0 Å². The summed E-state index contributed by atoms with van der Waals surface area (Å²) in [4.78, 5) is 54.9. The van der Waals surface area contributed by atoms with Gasteiger partial charge in [-0.05, 0) is 23.8 Å². The Morgan fingerprint density at radius 1 is 1.26 bits per heavy atom. The molecule has 1 aromatic rings. The van der Waals surface area contributed by atoms with E-state index in [0.717, 1.165) is 19.6 Å². The Balaban J connectivity index is 1.10. The number of hydrogen-bond donors (Lipinski definition) is 4. The zero-order chi connectivity index (χ0) is 26.7. The number of carbonyl (C=O) groups excluding carboxylic acids is 3. The van der Waals surface area contributed by atoms with Crippen LogP contribution in [-0.4, -0.2) is 114 Å². The van der Waals surface area contributed by atoms with Crippen molar-refractivity contribution in [2.75, 3.05) is 26.2 Å². The third-order valence-electron chi connectivity index (χ3n) is 8.49. The van der Waals surface area contributed by atoms with Gasteiger partial charge in [-0.3, -0.25) is 14.4 Å². The summed E-state index contributed by atoms with van der Waals surface area (Å²) in [5.41, 5.74) is 0.0259. The van der Waals surface area contributed by atoms with E-state index in [0.29, 0.717) is 29.8 Å². The third-order valence-corrected chi connectivity index (χ3v) is 10.0. The summed E-state index contributed by atoms with van der Waals surface area (Å²) < 4.78 is 1.28. The van der Waals surface area contributed by atoms with E-state index in [-0.39, 0.29) is 53.2 Å². The van der Waals surface area contributed by atoms with E-state index in [4.69, 9.17) is 0 Å². The molecule has 1 aromatic heterocycles. The third kappa shape index (κ3) is 4.16. The molecular weight excluding hydrogens is 514 g/mol.